The highest BCUT2D eigenvalue weighted by Gasteiger charge is 2.24. The number of anilines is 3. The molecule has 0 amide bonds. The third-order valence-corrected chi connectivity index (χ3v) is 5.85. The summed E-state index contributed by atoms with van der Waals surface area (Å²) in [5.41, 5.74) is 1.53. The number of benzene rings is 1. The second-order valence-electron chi connectivity index (χ2n) is 7.64. The number of rotatable bonds is 5. The Hall–Kier alpha value is -2.65. The van der Waals surface area contributed by atoms with E-state index in [2.05, 4.69) is 25.1 Å². The topological polar surface area (TPSA) is 96.7 Å². The average Bonchev–Trinajstić information content (AvgIpc) is 2.77. The number of hydrogen-bond donors (Lipinski definition) is 1. The van der Waals surface area contributed by atoms with Gasteiger partial charge in [-0.25, -0.2) is 9.97 Å². The molecule has 1 atom stereocenters. The maximum Gasteiger partial charge on any atom is 0.271 e. The predicted octanol–water partition coefficient (Wildman–Crippen LogP) is 3.26. The lowest BCUT2D eigenvalue weighted by Crippen LogP contribution is -2.43. The average molecular weight is 433 g/mol. The number of nitrogens with one attached hydrogen (secondary N) is 1. The molecule has 2 aliphatic rings. The molecule has 30 heavy (non-hydrogen) atoms. The van der Waals surface area contributed by atoms with Gasteiger partial charge >= 0.3 is 0 Å². The Labute approximate surface area is 180 Å². The Balaban J connectivity index is 1.47. The van der Waals surface area contributed by atoms with Crippen molar-refractivity contribution in [3.63, 3.8) is 0 Å². The van der Waals surface area contributed by atoms with Gasteiger partial charge in [-0.3, -0.25) is 10.1 Å². The first-order valence-corrected chi connectivity index (χ1v) is 10.5. The number of aryl methyl sites for hydroxylation is 1. The largest absolute Gasteiger partial charge is 0.379 e. The lowest BCUT2D eigenvalue weighted by atomic mass is 10.0. The highest BCUT2D eigenvalue weighted by atomic mass is 35.5. The molecule has 1 aromatic heterocycles. The summed E-state index contributed by atoms with van der Waals surface area (Å²) in [6.45, 7) is 6.61. The van der Waals surface area contributed by atoms with Crippen LogP contribution in [0.4, 0.5) is 23.0 Å². The Morgan fingerprint density at radius 2 is 1.90 bits per heavy atom. The molecule has 4 rings (SSSR count). The fourth-order valence-corrected chi connectivity index (χ4v) is 4.31. The molecule has 0 spiro atoms. The molecule has 10 heteroatoms. The fraction of sp³-hybridized carbons (Fsp3) is 0.500. The Morgan fingerprint density at radius 1 is 1.17 bits per heavy atom. The number of non-ortho nitro benzene ring substituents is 1. The Bertz CT molecular complexity index is 898. The van der Waals surface area contributed by atoms with Crippen molar-refractivity contribution in [2.45, 2.75) is 25.8 Å². The minimum absolute atomic E-state index is 0.00458. The smallest absolute Gasteiger partial charge is 0.271 e. The van der Waals surface area contributed by atoms with Crippen LogP contribution in [0.2, 0.25) is 5.02 Å². The molecule has 2 aromatic rings. The first kappa shape index (κ1) is 20.6. The number of nitrogens with zero attached hydrogens (tertiary/aromatic N) is 5. The van der Waals surface area contributed by atoms with Gasteiger partial charge in [-0.1, -0.05) is 11.6 Å². The summed E-state index contributed by atoms with van der Waals surface area (Å²) in [4.78, 5) is 24.0. The molecule has 2 aliphatic heterocycles. The molecule has 0 bridgehead atoms. The summed E-state index contributed by atoms with van der Waals surface area (Å²) in [6.07, 6.45) is 3.62. The maximum absolute atomic E-state index is 11.0. The second-order valence-corrected chi connectivity index (χ2v) is 8.05. The zero-order valence-corrected chi connectivity index (χ0v) is 17.6. The zero-order chi connectivity index (χ0) is 21.1. The number of nitro groups is 1. The van der Waals surface area contributed by atoms with Crippen molar-refractivity contribution in [3.05, 3.63) is 45.2 Å². The molecule has 1 N–H and O–H groups in total. The molecule has 2 fully saturated rings. The van der Waals surface area contributed by atoms with Crippen molar-refractivity contribution in [1.29, 1.82) is 0 Å². The summed E-state index contributed by atoms with van der Waals surface area (Å²) in [6, 6.07) is 5.15. The Kier molecular flexibility index (Phi) is 6.19. The molecule has 0 radical (unpaired) electrons. The van der Waals surface area contributed by atoms with E-state index >= 15 is 0 Å². The van der Waals surface area contributed by atoms with Crippen LogP contribution in [0.25, 0.3) is 0 Å². The molecule has 3 heterocycles. The summed E-state index contributed by atoms with van der Waals surface area (Å²) in [7, 11) is 0. The molecule has 1 unspecified atom stereocenters. The van der Waals surface area contributed by atoms with Crippen molar-refractivity contribution in [1.82, 2.24) is 9.97 Å². The zero-order valence-electron chi connectivity index (χ0n) is 16.9. The first-order valence-electron chi connectivity index (χ1n) is 10.1. The van der Waals surface area contributed by atoms with Gasteiger partial charge in [-0.2, -0.15) is 0 Å². The number of hydrogen-bond acceptors (Lipinski definition) is 8. The third kappa shape index (κ3) is 4.57. The number of nitro benzene ring substituents is 1. The van der Waals surface area contributed by atoms with E-state index in [1.54, 1.807) is 12.4 Å². The summed E-state index contributed by atoms with van der Waals surface area (Å²) in [5.74, 6) is 1.83. The summed E-state index contributed by atoms with van der Waals surface area (Å²) >= 11 is 6.34. The molecule has 9 nitrogen and oxygen atoms in total. The number of aromatic nitrogens is 2. The van der Waals surface area contributed by atoms with Crippen molar-refractivity contribution in [2.24, 2.45) is 0 Å². The number of ether oxygens (including phenoxy) is 1. The number of piperidine rings is 1. The van der Waals surface area contributed by atoms with Crippen LogP contribution in [0, 0.1) is 17.0 Å². The number of morpholine rings is 1. The summed E-state index contributed by atoms with van der Waals surface area (Å²) < 4.78 is 5.43. The maximum atomic E-state index is 11.0. The van der Waals surface area contributed by atoms with Gasteiger partial charge in [0.2, 0.25) is 0 Å². The van der Waals surface area contributed by atoms with E-state index < -0.39 is 4.92 Å². The molecule has 2 saturated heterocycles. The van der Waals surface area contributed by atoms with E-state index in [-0.39, 0.29) is 11.7 Å². The van der Waals surface area contributed by atoms with Gasteiger partial charge in [0.25, 0.3) is 5.69 Å². The monoisotopic (exact) mass is 432 g/mol. The van der Waals surface area contributed by atoms with E-state index in [0.717, 1.165) is 61.9 Å². The lowest BCUT2D eigenvalue weighted by Gasteiger charge is -2.35. The van der Waals surface area contributed by atoms with Crippen LogP contribution < -0.4 is 15.1 Å². The third-order valence-electron chi connectivity index (χ3n) is 5.55. The van der Waals surface area contributed by atoms with E-state index in [4.69, 9.17) is 16.3 Å². The standard InChI is InChI=1S/C20H25ClN6O3/c1-14-9-16(27(28)29)10-17(21)20(14)24-15-3-2-4-26(12-15)19-11-18(22-13-23-19)25-5-7-30-8-6-25/h9-11,13,15,24H,2-8,12H2,1H3. The van der Waals surface area contributed by atoms with Crippen LogP contribution >= 0.6 is 11.6 Å². The van der Waals surface area contributed by atoms with Gasteiger partial charge in [0.1, 0.15) is 18.0 Å². The van der Waals surface area contributed by atoms with Crippen LogP contribution in [0.5, 0.6) is 0 Å². The van der Waals surface area contributed by atoms with Gasteiger partial charge in [0, 0.05) is 50.4 Å². The molecule has 0 saturated carbocycles. The highest BCUT2D eigenvalue weighted by molar-refractivity contribution is 6.33. The van der Waals surface area contributed by atoms with Gasteiger partial charge in [-0.15, -0.1) is 0 Å². The van der Waals surface area contributed by atoms with Crippen molar-refractivity contribution in [3.8, 4) is 0 Å². The molecular weight excluding hydrogens is 408 g/mol. The predicted molar refractivity (Wildman–Crippen MR) is 117 cm³/mol. The van der Waals surface area contributed by atoms with Crippen LogP contribution in [0.1, 0.15) is 18.4 Å². The van der Waals surface area contributed by atoms with Gasteiger partial charge in [-0.05, 0) is 25.3 Å². The fourth-order valence-electron chi connectivity index (χ4n) is 4.00. The molecule has 1 aromatic carbocycles. The van der Waals surface area contributed by atoms with Crippen LogP contribution in [-0.4, -0.2) is 60.3 Å². The van der Waals surface area contributed by atoms with E-state index in [1.807, 2.05) is 13.0 Å². The van der Waals surface area contributed by atoms with Gasteiger partial charge in [0.05, 0.1) is 28.8 Å². The van der Waals surface area contributed by atoms with Gasteiger partial charge < -0.3 is 19.9 Å². The van der Waals surface area contributed by atoms with Gasteiger partial charge in [0.15, 0.2) is 0 Å². The minimum atomic E-state index is -0.424. The lowest BCUT2D eigenvalue weighted by molar-refractivity contribution is -0.384. The first-order chi connectivity index (χ1) is 14.5. The van der Waals surface area contributed by atoms with Crippen LogP contribution in [0.15, 0.2) is 24.5 Å². The molecule has 0 aliphatic carbocycles. The quantitative estimate of drug-likeness (QED) is 0.568. The second kappa shape index (κ2) is 9.01. The summed E-state index contributed by atoms with van der Waals surface area (Å²) in [5, 5.41) is 14.9. The minimum Gasteiger partial charge on any atom is -0.379 e. The SMILES string of the molecule is Cc1cc([N+](=O)[O-])cc(Cl)c1NC1CCCN(c2cc(N3CCOCC3)ncn2)C1. The Morgan fingerprint density at radius 3 is 2.60 bits per heavy atom. The molecule has 160 valence electrons. The van der Waals surface area contributed by atoms with E-state index in [1.165, 1.54) is 6.07 Å². The normalized spacial score (nSPS) is 19.6. The van der Waals surface area contributed by atoms with Crippen LogP contribution in [-0.2, 0) is 4.74 Å². The van der Waals surface area contributed by atoms with Crippen molar-refractivity contribution in [2.75, 3.05) is 54.5 Å². The van der Waals surface area contributed by atoms with E-state index in [9.17, 15) is 10.1 Å². The highest BCUT2D eigenvalue weighted by Crippen LogP contribution is 2.32. The molecular formula is C20H25ClN6O3. The van der Waals surface area contributed by atoms with E-state index in [0.29, 0.717) is 18.2 Å². The number of halogens is 1. The van der Waals surface area contributed by atoms with Crippen molar-refractivity contribution >= 4 is 34.6 Å². The van der Waals surface area contributed by atoms with Crippen molar-refractivity contribution < 1.29 is 9.66 Å². The van der Waals surface area contributed by atoms with Crippen LogP contribution in [0.3, 0.4) is 0 Å².